The van der Waals surface area contributed by atoms with Gasteiger partial charge in [-0.3, -0.25) is 18.7 Å². The lowest BCUT2D eigenvalue weighted by molar-refractivity contribution is -0.138. The summed E-state index contributed by atoms with van der Waals surface area (Å²) in [5, 5.41) is 0. The minimum atomic E-state index is -0.824. The fourth-order valence-electron chi connectivity index (χ4n) is 3.01. The molecule has 2 N–H and O–H groups in total. The molecule has 0 aliphatic carbocycles. The number of carbonyl (C=O) groups excluding carboxylic acids is 2. The number of benzene rings is 1. The molecule has 2 aromatic rings. The lowest BCUT2D eigenvalue weighted by atomic mass is 10.1. The summed E-state index contributed by atoms with van der Waals surface area (Å²) in [5.41, 5.74) is 5.07. The van der Waals surface area contributed by atoms with E-state index in [0.717, 1.165) is 14.7 Å². The van der Waals surface area contributed by atoms with Crippen molar-refractivity contribution >= 4 is 23.6 Å². The third-order valence-corrected chi connectivity index (χ3v) is 4.54. The number of nitrogens with two attached hydrogens (primary N) is 1. The number of nitrogen functional groups attached to an aromatic ring is 1. The number of hydrogen-bond donors (Lipinski definition) is 1. The normalized spacial score (nSPS) is 12.6. The highest BCUT2D eigenvalue weighted by molar-refractivity contribution is 6.03. The molecule has 0 bridgehead atoms. The summed E-state index contributed by atoms with van der Waals surface area (Å²) < 4.78 is 12.5. The van der Waals surface area contributed by atoms with E-state index in [4.69, 9.17) is 15.2 Å². The molecule has 0 saturated heterocycles. The van der Waals surface area contributed by atoms with Crippen LogP contribution in [0, 0.1) is 0 Å². The highest BCUT2D eigenvalue weighted by atomic mass is 16.5. The number of aromatic nitrogens is 2. The minimum absolute atomic E-state index is 0.00925. The molecule has 9 nitrogen and oxygen atoms in total. The van der Waals surface area contributed by atoms with E-state index in [1.165, 1.54) is 7.05 Å². The van der Waals surface area contributed by atoms with Gasteiger partial charge in [0.25, 0.3) is 5.56 Å². The largest absolute Gasteiger partial charge is 0.488 e. The van der Waals surface area contributed by atoms with E-state index in [0.29, 0.717) is 12.2 Å². The van der Waals surface area contributed by atoms with Crippen molar-refractivity contribution in [2.24, 2.45) is 7.05 Å². The van der Waals surface area contributed by atoms with Crippen LogP contribution in [0.25, 0.3) is 6.08 Å². The van der Waals surface area contributed by atoms with Gasteiger partial charge in [0.05, 0.1) is 5.57 Å². The molecule has 1 aromatic carbocycles. The van der Waals surface area contributed by atoms with Crippen LogP contribution in [0.2, 0.25) is 0 Å². The van der Waals surface area contributed by atoms with Crippen molar-refractivity contribution in [3.63, 3.8) is 0 Å². The van der Waals surface area contributed by atoms with Gasteiger partial charge in [0.2, 0.25) is 5.78 Å². The average Bonchev–Trinajstić information content (AvgIpc) is 2.73. The van der Waals surface area contributed by atoms with E-state index < -0.39 is 29.6 Å². The summed E-state index contributed by atoms with van der Waals surface area (Å²) in [6.45, 7) is 1.41. The number of Topliss-reactive ketones (excluding diaryl/α,β-unsaturated/α-hetero) is 1. The smallest absolute Gasteiger partial charge is 0.337 e. The van der Waals surface area contributed by atoms with E-state index in [1.54, 1.807) is 24.3 Å². The molecular formula is C20H21N3O6. The van der Waals surface area contributed by atoms with Gasteiger partial charge in [0, 0.05) is 19.2 Å². The molecule has 1 aromatic heterocycles. The van der Waals surface area contributed by atoms with Crippen molar-refractivity contribution in [1.29, 1.82) is 0 Å². The van der Waals surface area contributed by atoms with Gasteiger partial charge in [0.15, 0.2) is 6.61 Å². The summed E-state index contributed by atoms with van der Waals surface area (Å²) in [5.74, 6) is -1.09. The summed E-state index contributed by atoms with van der Waals surface area (Å²) in [6.07, 6.45) is 2.21. The van der Waals surface area contributed by atoms with Crippen LogP contribution < -0.4 is 21.7 Å². The quantitative estimate of drug-likeness (QED) is 0.561. The van der Waals surface area contributed by atoms with Gasteiger partial charge in [-0.05, 0) is 18.6 Å². The van der Waals surface area contributed by atoms with Gasteiger partial charge in [-0.2, -0.15) is 0 Å². The molecular weight excluding hydrogens is 378 g/mol. The Hall–Kier alpha value is -3.62. The minimum Gasteiger partial charge on any atom is -0.488 e. The van der Waals surface area contributed by atoms with Gasteiger partial charge >= 0.3 is 11.7 Å². The molecule has 3 rings (SSSR count). The number of rotatable bonds is 6. The third-order valence-electron chi connectivity index (χ3n) is 4.54. The fourth-order valence-corrected chi connectivity index (χ4v) is 3.01. The first-order chi connectivity index (χ1) is 13.8. The van der Waals surface area contributed by atoms with E-state index in [2.05, 4.69) is 0 Å². The fraction of sp³-hybridized carbons (Fsp3) is 0.300. The Morgan fingerprint density at radius 2 is 1.97 bits per heavy atom. The SMILES string of the molecule is CCCn1c(N)c(C(=O)COC(=O)C2=Cc3ccccc3OC2)c(=O)n(C)c1=O. The lowest BCUT2D eigenvalue weighted by Crippen LogP contribution is -2.43. The van der Waals surface area contributed by atoms with Gasteiger partial charge < -0.3 is 15.2 Å². The van der Waals surface area contributed by atoms with Crippen molar-refractivity contribution in [2.75, 3.05) is 18.9 Å². The van der Waals surface area contributed by atoms with Gasteiger partial charge in [0.1, 0.15) is 23.7 Å². The molecule has 0 amide bonds. The summed E-state index contributed by atoms with van der Waals surface area (Å²) in [4.78, 5) is 49.4. The first-order valence-corrected chi connectivity index (χ1v) is 9.07. The van der Waals surface area contributed by atoms with Crippen molar-refractivity contribution < 1.29 is 19.1 Å². The van der Waals surface area contributed by atoms with E-state index in [1.807, 2.05) is 13.0 Å². The highest BCUT2D eigenvalue weighted by Gasteiger charge is 2.24. The molecule has 1 aliphatic rings. The average molecular weight is 399 g/mol. The summed E-state index contributed by atoms with van der Waals surface area (Å²) in [6, 6.07) is 7.19. The molecule has 152 valence electrons. The predicted octanol–water partition coefficient (Wildman–Crippen LogP) is 0.741. The number of ketones is 1. The number of anilines is 1. The van der Waals surface area contributed by atoms with Crippen LogP contribution in [0.3, 0.4) is 0 Å². The summed E-state index contributed by atoms with van der Waals surface area (Å²) in [7, 11) is 1.26. The van der Waals surface area contributed by atoms with Crippen LogP contribution in [-0.4, -0.2) is 34.1 Å². The molecule has 1 aliphatic heterocycles. The number of ether oxygens (including phenoxy) is 2. The summed E-state index contributed by atoms with van der Waals surface area (Å²) >= 11 is 0. The number of fused-ring (bicyclic) bond motifs is 1. The van der Waals surface area contributed by atoms with Crippen LogP contribution >= 0.6 is 0 Å². The van der Waals surface area contributed by atoms with Crippen LogP contribution in [0.4, 0.5) is 5.82 Å². The molecule has 0 spiro atoms. The zero-order valence-electron chi connectivity index (χ0n) is 16.1. The Morgan fingerprint density at radius 1 is 1.24 bits per heavy atom. The van der Waals surface area contributed by atoms with Crippen LogP contribution in [0.1, 0.15) is 29.3 Å². The zero-order valence-corrected chi connectivity index (χ0v) is 16.1. The maximum atomic E-state index is 12.6. The number of hydrogen-bond acceptors (Lipinski definition) is 7. The zero-order chi connectivity index (χ0) is 21.1. The number of esters is 1. The molecule has 2 heterocycles. The van der Waals surface area contributed by atoms with Crippen molar-refractivity contribution in [2.45, 2.75) is 19.9 Å². The molecule has 0 saturated carbocycles. The van der Waals surface area contributed by atoms with Crippen molar-refractivity contribution in [3.05, 3.63) is 61.8 Å². The van der Waals surface area contributed by atoms with E-state index in [-0.39, 0.29) is 30.1 Å². The molecule has 0 atom stereocenters. The monoisotopic (exact) mass is 399 g/mol. The topological polar surface area (TPSA) is 123 Å². The second kappa shape index (κ2) is 8.17. The first-order valence-electron chi connectivity index (χ1n) is 9.07. The second-order valence-electron chi connectivity index (χ2n) is 6.55. The second-order valence-corrected chi connectivity index (χ2v) is 6.55. The maximum Gasteiger partial charge on any atom is 0.337 e. The Kier molecular flexibility index (Phi) is 5.67. The van der Waals surface area contributed by atoms with Crippen molar-refractivity contribution in [1.82, 2.24) is 9.13 Å². The molecule has 29 heavy (non-hydrogen) atoms. The standard InChI is InChI=1S/C20H21N3O6/c1-3-8-23-17(21)16(18(25)22(2)20(23)27)14(24)11-29-19(26)13-9-12-6-4-5-7-15(12)28-10-13/h4-7,9H,3,8,10-11,21H2,1-2H3. The van der Waals surface area contributed by atoms with E-state index >= 15 is 0 Å². The van der Waals surface area contributed by atoms with E-state index in [9.17, 15) is 19.2 Å². The third kappa shape index (κ3) is 3.84. The van der Waals surface area contributed by atoms with Crippen molar-refractivity contribution in [3.8, 4) is 5.75 Å². The highest BCUT2D eigenvalue weighted by Crippen LogP contribution is 2.26. The lowest BCUT2D eigenvalue weighted by Gasteiger charge is -2.17. The predicted molar refractivity (Wildman–Crippen MR) is 106 cm³/mol. The van der Waals surface area contributed by atoms with Gasteiger partial charge in [-0.25, -0.2) is 9.59 Å². The Morgan fingerprint density at radius 3 is 2.69 bits per heavy atom. The Labute approximate surface area is 166 Å². The molecule has 0 unspecified atom stereocenters. The Bertz CT molecular complexity index is 1130. The molecule has 0 radical (unpaired) electrons. The Balaban J connectivity index is 1.80. The van der Waals surface area contributed by atoms with Crippen LogP contribution in [0.5, 0.6) is 5.75 Å². The first kappa shape index (κ1) is 20.1. The van der Waals surface area contributed by atoms with Gasteiger partial charge in [-0.1, -0.05) is 25.1 Å². The number of para-hydroxylation sites is 1. The number of carbonyl (C=O) groups is 2. The number of nitrogens with zero attached hydrogens (tertiary/aromatic N) is 2. The molecule has 9 heteroatoms. The molecule has 0 fully saturated rings. The van der Waals surface area contributed by atoms with Gasteiger partial charge in [-0.15, -0.1) is 0 Å². The van der Waals surface area contributed by atoms with Crippen LogP contribution in [0.15, 0.2) is 39.4 Å². The maximum absolute atomic E-state index is 12.6. The van der Waals surface area contributed by atoms with Crippen LogP contribution in [-0.2, 0) is 23.1 Å².